The summed E-state index contributed by atoms with van der Waals surface area (Å²) in [5, 5.41) is 1.09. The zero-order valence-corrected chi connectivity index (χ0v) is 28.5. The molecule has 0 aliphatic carbocycles. The lowest BCUT2D eigenvalue weighted by molar-refractivity contribution is 1.32. The molecule has 2 heteroatoms. The van der Waals surface area contributed by atoms with Crippen LogP contribution in [0.15, 0.2) is 206 Å². The minimum Gasteiger partial charge on any atom is -0.256 e. The van der Waals surface area contributed by atoms with Crippen molar-refractivity contribution in [1.82, 2.24) is 9.97 Å². The molecule has 52 heavy (non-hydrogen) atoms. The molecule has 0 bridgehead atoms. The average molecular weight is 663 g/mol. The Hall–Kier alpha value is -6.90. The van der Waals surface area contributed by atoms with Gasteiger partial charge < -0.3 is 0 Å². The summed E-state index contributed by atoms with van der Waals surface area (Å²) in [5.41, 5.74) is 16.7. The van der Waals surface area contributed by atoms with Crippen LogP contribution in [0.3, 0.4) is 0 Å². The third-order valence-corrected chi connectivity index (χ3v) is 9.72. The second kappa shape index (κ2) is 13.8. The van der Waals surface area contributed by atoms with Gasteiger partial charge in [0.25, 0.3) is 0 Å². The van der Waals surface area contributed by atoms with Crippen molar-refractivity contribution >= 4 is 10.9 Å². The molecule has 2 heterocycles. The Kier molecular flexibility index (Phi) is 8.24. The number of fused-ring (bicyclic) bond motifs is 1. The molecule has 0 saturated carbocycles. The van der Waals surface area contributed by atoms with Crippen molar-refractivity contribution in [2.24, 2.45) is 0 Å². The maximum absolute atomic E-state index is 5.13. The highest BCUT2D eigenvalue weighted by atomic mass is 14.7. The molecule has 0 amide bonds. The third-order valence-electron chi connectivity index (χ3n) is 9.72. The second-order valence-electron chi connectivity index (χ2n) is 13.1. The highest BCUT2D eigenvalue weighted by Crippen LogP contribution is 2.35. The van der Waals surface area contributed by atoms with E-state index in [1.807, 2.05) is 18.3 Å². The Morgan fingerprint density at radius 3 is 1.21 bits per heavy atom. The molecular weight excluding hydrogens is 629 g/mol. The minimum absolute atomic E-state index is 0.922. The van der Waals surface area contributed by atoms with Gasteiger partial charge in [0, 0.05) is 28.3 Å². The molecule has 0 fully saturated rings. The van der Waals surface area contributed by atoms with Crippen molar-refractivity contribution in [1.29, 1.82) is 0 Å². The summed E-state index contributed by atoms with van der Waals surface area (Å²) in [6.07, 6.45) is 1.96. The summed E-state index contributed by atoms with van der Waals surface area (Å²) in [7, 11) is 0. The molecule has 0 spiro atoms. The maximum atomic E-state index is 5.13. The first-order valence-corrected chi connectivity index (χ1v) is 17.6. The zero-order chi connectivity index (χ0) is 34.7. The Morgan fingerprint density at radius 2 is 0.692 bits per heavy atom. The van der Waals surface area contributed by atoms with Gasteiger partial charge in [0.2, 0.25) is 0 Å². The number of aromatic nitrogens is 2. The fourth-order valence-electron chi connectivity index (χ4n) is 7.01. The number of benzene rings is 7. The fraction of sp³-hybridized carbons (Fsp3) is 0. The Bertz CT molecular complexity index is 2660. The number of nitrogens with zero attached hydrogens (tertiary/aromatic N) is 2. The Morgan fingerprint density at radius 1 is 0.269 bits per heavy atom. The number of hydrogen-bond donors (Lipinski definition) is 0. The molecule has 2 nitrogen and oxygen atoms in total. The molecule has 2 aromatic heterocycles. The molecule has 244 valence electrons. The van der Waals surface area contributed by atoms with E-state index in [0.717, 1.165) is 55.7 Å². The van der Waals surface area contributed by atoms with Gasteiger partial charge in [-0.2, -0.15) is 0 Å². The van der Waals surface area contributed by atoms with Gasteiger partial charge in [-0.25, -0.2) is 4.98 Å². The van der Waals surface area contributed by atoms with Gasteiger partial charge in [-0.05, 0) is 92.5 Å². The van der Waals surface area contributed by atoms with E-state index in [9.17, 15) is 0 Å². The van der Waals surface area contributed by atoms with Crippen LogP contribution >= 0.6 is 0 Å². The highest BCUT2D eigenvalue weighted by molar-refractivity contribution is 5.96. The lowest BCUT2D eigenvalue weighted by Gasteiger charge is -2.12. The van der Waals surface area contributed by atoms with Crippen LogP contribution in [0.25, 0.3) is 89.1 Å². The number of pyridine rings is 2. The largest absolute Gasteiger partial charge is 0.256 e. The topological polar surface area (TPSA) is 25.8 Å². The predicted octanol–water partition coefficient (Wildman–Crippen LogP) is 13.3. The number of hydrogen-bond acceptors (Lipinski definition) is 2. The SMILES string of the molecule is c1ccc(-c2ccc(-c3cc(-c4cccc(-c5cccc(-c6cccc(-c7cccc(-c8ccccc8)c7)c6)c5)c4)nc4ccccc34)nc2)cc1. The van der Waals surface area contributed by atoms with Gasteiger partial charge in [0.1, 0.15) is 0 Å². The van der Waals surface area contributed by atoms with Crippen LogP contribution in [0.5, 0.6) is 0 Å². The van der Waals surface area contributed by atoms with E-state index in [2.05, 4.69) is 188 Å². The zero-order valence-electron chi connectivity index (χ0n) is 28.5. The van der Waals surface area contributed by atoms with E-state index < -0.39 is 0 Å². The van der Waals surface area contributed by atoms with Crippen LogP contribution in [0.4, 0.5) is 0 Å². The first-order chi connectivity index (χ1) is 25.7. The molecule has 0 atom stereocenters. The molecule has 0 aliphatic rings. The van der Waals surface area contributed by atoms with Gasteiger partial charge in [-0.3, -0.25) is 4.98 Å². The number of rotatable bonds is 7. The molecular formula is C50H34N2. The van der Waals surface area contributed by atoms with Gasteiger partial charge >= 0.3 is 0 Å². The molecule has 0 N–H and O–H groups in total. The standard InChI is InChI=1S/C50H34N2/c1-3-13-35(14-4-1)37-17-9-18-38(29-37)39-19-10-20-40(30-39)41-21-11-22-42(31-41)43-23-12-24-44(32-43)50-33-47(46-25-7-8-26-49(46)52-50)48-28-27-45(34-51-48)36-15-5-2-6-16-36/h1-34H. The molecule has 0 radical (unpaired) electrons. The van der Waals surface area contributed by atoms with Crippen LogP contribution in [0, 0.1) is 0 Å². The van der Waals surface area contributed by atoms with E-state index in [1.54, 1.807) is 0 Å². The lowest BCUT2D eigenvalue weighted by atomic mass is 9.94. The molecule has 0 aliphatic heterocycles. The van der Waals surface area contributed by atoms with Crippen molar-refractivity contribution in [2.45, 2.75) is 0 Å². The van der Waals surface area contributed by atoms with Crippen molar-refractivity contribution in [3.63, 3.8) is 0 Å². The summed E-state index contributed by atoms with van der Waals surface area (Å²) >= 11 is 0. The maximum Gasteiger partial charge on any atom is 0.0716 e. The van der Waals surface area contributed by atoms with E-state index in [-0.39, 0.29) is 0 Å². The Labute approximate surface area is 304 Å². The van der Waals surface area contributed by atoms with E-state index in [4.69, 9.17) is 9.97 Å². The van der Waals surface area contributed by atoms with Crippen molar-refractivity contribution in [3.8, 4) is 78.1 Å². The van der Waals surface area contributed by atoms with Gasteiger partial charge in [0.05, 0.1) is 16.9 Å². The summed E-state index contributed by atoms with van der Waals surface area (Å²) < 4.78 is 0. The average Bonchev–Trinajstić information content (AvgIpc) is 3.24. The monoisotopic (exact) mass is 662 g/mol. The first kappa shape index (κ1) is 31.1. The van der Waals surface area contributed by atoms with Gasteiger partial charge in [0.15, 0.2) is 0 Å². The predicted molar refractivity (Wildman–Crippen MR) is 218 cm³/mol. The number of para-hydroxylation sites is 1. The molecule has 9 rings (SSSR count). The summed E-state index contributed by atoms with van der Waals surface area (Å²) in [6, 6.07) is 70.8. The van der Waals surface area contributed by atoms with E-state index in [0.29, 0.717) is 0 Å². The Balaban J connectivity index is 1.04. The molecule has 9 aromatic rings. The summed E-state index contributed by atoms with van der Waals surface area (Å²) in [6.45, 7) is 0. The van der Waals surface area contributed by atoms with Crippen molar-refractivity contribution in [3.05, 3.63) is 206 Å². The van der Waals surface area contributed by atoms with Crippen LogP contribution in [0.2, 0.25) is 0 Å². The van der Waals surface area contributed by atoms with Crippen LogP contribution in [0.1, 0.15) is 0 Å². The van der Waals surface area contributed by atoms with Crippen molar-refractivity contribution < 1.29 is 0 Å². The first-order valence-electron chi connectivity index (χ1n) is 17.6. The molecule has 0 saturated heterocycles. The normalized spacial score (nSPS) is 11.1. The van der Waals surface area contributed by atoms with Crippen LogP contribution in [-0.2, 0) is 0 Å². The van der Waals surface area contributed by atoms with Gasteiger partial charge in [-0.1, -0.05) is 158 Å². The quantitative estimate of drug-likeness (QED) is 0.170. The summed E-state index contributed by atoms with van der Waals surface area (Å²) in [5.74, 6) is 0. The van der Waals surface area contributed by atoms with Crippen LogP contribution in [-0.4, -0.2) is 9.97 Å². The molecule has 7 aromatic carbocycles. The minimum atomic E-state index is 0.922. The second-order valence-corrected chi connectivity index (χ2v) is 13.1. The van der Waals surface area contributed by atoms with E-state index in [1.165, 1.54) is 33.4 Å². The highest BCUT2D eigenvalue weighted by Gasteiger charge is 2.13. The van der Waals surface area contributed by atoms with Crippen molar-refractivity contribution in [2.75, 3.05) is 0 Å². The fourth-order valence-corrected chi connectivity index (χ4v) is 7.01. The third kappa shape index (κ3) is 6.30. The van der Waals surface area contributed by atoms with Gasteiger partial charge in [-0.15, -0.1) is 0 Å². The summed E-state index contributed by atoms with van der Waals surface area (Å²) in [4.78, 5) is 10.1. The lowest BCUT2D eigenvalue weighted by Crippen LogP contribution is -1.92. The van der Waals surface area contributed by atoms with Crippen LogP contribution < -0.4 is 0 Å². The smallest absolute Gasteiger partial charge is 0.0716 e. The molecule has 0 unspecified atom stereocenters. The van der Waals surface area contributed by atoms with E-state index >= 15 is 0 Å².